The number of carbonyl (C=O) groups is 1. The highest BCUT2D eigenvalue weighted by Gasteiger charge is 2.24. The molecule has 2 N–H and O–H groups in total. The number of hydrogen-bond acceptors (Lipinski definition) is 5. The SMILES string of the molecule is O=C(COc1cccnc1)NC(c1cccc(F)c1)c1cc(Cl)c2cccnc2c1O. The van der Waals surface area contributed by atoms with Gasteiger partial charge in [0, 0.05) is 23.3 Å². The molecule has 0 aliphatic rings. The Bertz CT molecular complexity index is 1240. The Labute approximate surface area is 182 Å². The van der Waals surface area contributed by atoms with Crippen LogP contribution in [0.3, 0.4) is 0 Å². The molecule has 1 unspecified atom stereocenters. The van der Waals surface area contributed by atoms with E-state index in [-0.39, 0.29) is 23.4 Å². The quantitative estimate of drug-likeness (QED) is 0.466. The Morgan fingerprint density at radius 1 is 1.16 bits per heavy atom. The Balaban J connectivity index is 1.69. The van der Waals surface area contributed by atoms with Crippen LogP contribution in [0.25, 0.3) is 10.9 Å². The predicted molar refractivity (Wildman–Crippen MR) is 115 cm³/mol. The van der Waals surface area contributed by atoms with Gasteiger partial charge in [-0.25, -0.2) is 4.39 Å². The number of phenols is 1. The summed E-state index contributed by atoms with van der Waals surface area (Å²) in [4.78, 5) is 20.8. The van der Waals surface area contributed by atoms with E-state index in [0.29, 0.717) is 21.7 Å². The largest absolute Gasteiger partial charge is 0.505 e. The van der Waals surface area contributed by atoms with Crippen LogP contribution in [-0.4, -0.2) is 27.6 Å². The molecule has 4 rings (SSSR count). The van der Waals surface area contributed by atoms with Gasteiger partial charge < -0.3 is 15.2 Å². The van der Waals surface area contributed by atoms with Gasteiger partial charge in [-0.1, -0.05) is 23.7 Å². The van der Waals surface area contributed by atoms with Gasteiger partial charge in [-0.2, -0.15) is 0 Å². The van der Waals surface area contributed by atoms with E-state index in [1.165, 1.54) is 30.6 Å². The number of pyridine rings is 2. The smallest absolute Gasteiger partial charge is 0.258 e. The molecule has 0 fully saturated rings. The summed E-state index contributed by atoms with van der Waals surface area (Å²) in [6, 6.07) is 13.2. The minimum Gasteiger partial charge on any atom is -0.505 e. The molecule has 0 saturated heterocycles. The number of aromatic nitrogens is 2. The molecular weight excluding hydrogens is 421 g/mol. The summed E-state index contributed by atoms with van der Waals surface area (Å²) in [6.07, 6.45) is 4.60. The second kappa shape index (κ2) is 8.97. The number of benzene rings is 2. The van der Waals surface area contributed by atoms with Crippen LogP contribution in [0.1, 0.15) is 17.2 Å². The first kappa shape index (κ1) is 20.6. The van der Waals surface area contributed by atoms with Crippen molar-refractivity contribution in [2.75, 3.05) is 6.61 Å². The fourth-order valence-corrected chi connectivity index (χ4v) is 3.51. The van der Waals surface area contributed by atoms with E-state index in [1.807, 2.05) is 0 Å². The molecule has 0 bridgehead atoms. The van der Waals surface area contributed by atoms with E-state index >= 15 is 0 Å². The van der Waals surface area contributed by atoms with Gasteiger partial charge in [0.1, 0.15) is 22.8 Å². The molecule has 1 amide bonds. The van der Waals surface area contributed by atoms with Gasteiger partial charge in [-0.05, 0) is 48.0 Å². The lowest BCUT2D eigenvalue weighted by Gasteiger charge is -2.22. The number of phenolic OH excluding ortho intramolecular Hbond substituents is 1. The highest BCUT2D eigenvalue weighted by atomic mass is 35.5. The van der Waals surface area contributed by atoms with E-state index in [2.05, 4.69) is 15.3 Å². The number of fused-ring (bicyclic) bond motifs is 1. The lowest BCUT2D eigenvalue weighted by Crippen LogP contribution is -2.33. The molecule has 6 nitrogen and oxygen atoms in total. The Morgan fingerprint density at radius 3 is 2.77 bits per heavy atom. The topological polar surface area (TPSA) is 84.3 Å². The second-order valence-corrected chi connectivity index (χ2v) is 7.14. The van der Waals surface area contributed by atoms with Gasteiger partial charge in [0.05, 0.1) is 17.3 Å². The van der Waals surface area contributed by atoms with Crippen LogP contribution >= 0.6 is 11.6 Å². The Kier molecular flexibility index (Phi) is 5.95. The standard InChI is InChI=1S/C23H17ClFN3O3/c24-19-11-18(23(30)22-17(19)7-3-9-27-22)21(14-4-1-5-15(25)10-14)28-20(29)13-31-16-6-2-8-26-12-16/h1-12,21,30H,13H2,(H,28,29). The van der Waals surface area contributed by atoms with E-state index in [0.717, 1.165) is 0 Å². The lowest BCUT2D eigenvalue weighted by molar-refractivity contribution is -0.123. The van der Waals surface area contributed by atoms with Crippen LogP contribution in [0.5, 0.6) is 11.5 Å². The van der Waals surface area contributed by atoms with Crippen LogP contribution in [-0.2, 0) is 4.79 Å². The molecule has 2 heterocycles. The summed E-state index contributed by atoms with van der Waals surface area (Å²) in [5.41, 5.74) is 1.00. The normalized spacial score (nSPS) is 11.8. The zero-order valence-corrected chi connectivity index (χ0v) is 16.9. The number of halogens is 2. The first-order chi connectivity index (χ1) is 15.0. The maximum absolute atomic E-state index is 13.9. The van der Waals surface area contributed by atoms with E-state index in [9.17, 15) is 14.3 Å². The van der Waals surface area contributed by atoms with E-state index < -0.39 is 17.8 Å². The minimum atomic E-state index is -0.885. The van der Waals surface area contributed by atoms with Crippen molar-refractivity contribution in [1.29, 1.82) is 0 Å². The Morgan fingerprint density at radius 2 is 2.00 bits per heavy atom. The number of ether oxygens (including phenoxy) is 1. The third-order valence-electron chi connectivity index (χ3n) is 4.65. The number of carbonyl (C=O) groups excluding carboxylic acids is 1. The van der Waals surface area contributed by atoms with Gasteiger partial charge in [0.15, 0.2) is 6.61 Å². The molecule has 0 aliphatic heterocycles. The van der Waals surface area contributed by atoms with E-state index in [1.54, 1.807) is 42.6 Å². The molecule has 1 atom stereocenters. The summed E-state index contributed by atoms with van der Waals surface area (Å²) >= 11 is 6.41. The van der Waals surface area contributed by atoms with Gasteiger partial charge in [0.2, 0.25) is 0 Å². The molecule has 8 heteroatoms. The first-order valence-corrected chi connectivity index (χ1v) is 9.74. The molecule has 0 saturated carbocycles. The van der Waals surface area contributed by atoms with Crippen molar-refractivity contribution in [3.63, 3.8) is 0 Å². The van der Waals surface area contributed by atoms with Gasteiger partial charge >= 0.3 is 0 Å². The first-order valence-electron chi connectivity index (χ1n) is 9.36. The highest BCUT2D eigenvalue weighted by Crippen LogP contribution is 2.38. The third kappa shape index (κ3) is 4.57. The zero-order valence-electron chi connectivity index (χ0n) is 16.1. The van der Waals surface area contributed by atoms with Crippen molar-refractivity contribution in [1.82, 2.24) is 15.3 Å². The summed E-state index contributed by atoms with van der Waals surface area (Å²) in [5, 5.41) is 14.6. The van der Waals surface area contributed by atoms with Crippen molar-refractivity contribution >= 4 is 28.4 Å². The van der Waals surface area contributed by atoms with Crippen LogP contribution < -0.4 is 10.1 Å². The van der Waals surface area contributed by atoms with E-state index in [4.69, 9.17) is 16.3 Å². The number of nitrogens with zero attached hydrogens (tertiary/aromatic N) is 2. The number of rotatable bonds is 6. The highest BCUT2D eigenvalue weighted by molar-refractivity contribution is 6.35. The van der Waals surface area contributed by atoms with Crippen LogP contribution in [0, 0.1) is 5.82 Å². The van der Waals surface area contributed by atoms with Gasteiger partial charge in [-0.15, -0.1) is 0 Å². The Hall–Kier alpha value is -3.71. The van der Waals surface area contributed by atoms with Crippen molar-refractivity contribution in [2.24, 2.45) is 0 Å². The fraction of sp³-hybridized carbons (Fsp3) is 0.0870. The van der Waals surface area contributed by atoms with Crippen molar-refractivity contribution in [3.8, 4) is 11.5 Å². The van der Waals surface area contributed by atoms with Crippen molar-refractivity contribution < 1.29 is 19.0 Å². The number of hydrogen-bond donors (Lipinski definition) is 2. The minimum absolute atomic E-state index is 0.150. The lowest BCUT2D eigenvalue weighted by atomic mass is 9.96. The summed E-state index contributed by atoms with van der Waals surface area (Å²) in [5.74, 6) is -0.675. The average molecular weight is 438 g/mol. The number of nitrogens with one attached hydrogen (secondary N) is 1. The molecule has 0 aliphatic carbocycles. The molecule has 0 spiro atoms. The van der Waals surface area contributed by atoms with Crippen LogP contribution in [0.4, 0.5) is 4.39 Å². The average Bonchev–Trinajstić information content (AvgIpc) is 2.79. The summed E-state index contributed by atoms with van der Waals surface area (Å²) < 4.78 is 19.4. The van der Waals surface area contributed by atoms with Crippen LogP contribution in [0.15, 0.2) is 73.2 Å². The van der Waals surface area contributed by atoms with Gasteiger partial charge in [-0.3, -0.25) is 14.8 Å². The molecule has 2 aromatic heterocycles. The number of aromatic hydroxyl groups is 1. The molecule has 156 valence electrons. The summed E-state index contributed by atoms with van der Waals surface area (Å²) in [7, 11) is 0. The third-order valence-corrected chi connectivity index (χ3v) is 4.96. The molecule has 4 aromatic rings. The summed E-state index contributed by atoms with van der Waals surface area (Å²) in [6.45, 7) is -0.294. The fourth-order valence-electron chi connectivity index (χ4n) is 3.24. The van der Waals surface area contributed by atoms with Crippen molar-refractivity contribution in [2.45, 2.75) is 6.04 Å². The van der Waals surface area contributed by atoms with Crippen LogP contribution in [0.2, 0.25) is 5.02 Å². The maximum Gasteiger partial charge on any atom is 0.258 e. The van der Waals surface area contributed by atoms with Gasteiger partial charge in [0.25, 0.3) is 5.91 Å². The molecule has 31 heavy (non-hydrogen) atoms. The van der Waals surface area contributed by atoms with Crippen molar-refractivity contribution in [3.05, 3.63) is 95.2 Å². The predicted octanol–water partition coefficient (Wildman–Crippen LogP) is 4.41. The second-order valence-electron chi connectivity index (χ2n) is 6.73. The molecule has 2 aromatic carbocycles. The monoisotopic (exact) mass is 437 g/mol. The molecular formula is C23H17ClFN3O3. The maximum atomic E-state index is 13.9. The zero-order chi connectivity index (χ0) is 21.8. The number of amides is 1. The molecule has 0 radical (unpaired) electrons.